The van der Waals surface area contributed by atoms with E-state index in [1.54, 1.807) is 0 Å². The molecular formula is C9H18N4O. The molecule has 0 aliphatic heterocycles. The van der Waals surface area contributed by atoms with Gasteiger partial charge in [-0.1, -0.05) is 13.3 Å². The van der Waals surface area contributed by atoms with Crippen LogP contribution in [0.2, 0.25) is 0 Å². The largest absolute Gasteiger partial charge is 0.370 e. The van der Waals surface area contributed by atoms with Crippen molar-refractivity contribution in [1.29, 1.82) is 0 Å². The summed E-state index contributed by atoms with van der Waals surface area (Å²) in [6.07, 6.45) is 1.99. The van der Waals surface area contributed by atoms with Gasteiger partial charge >= 0.3 is 0 Å². The molecule has 5 nitrogen and oxygen atoms in total. The number of hydrogen-bond donors (Lipinski definition) is 2. The second kappa shape index (κ2) is 5.72. The zero-order valence-electron chi connectivity index (χ0n) is 8.79. The molecule has 0 saturated heterocycles. The maximum atomic E-state index is 5.54. The Morgan fingerprint density at radius 3 is 2.79 bits per heavy atom. The van der Waals surface area contributed by atoms with Crippen LogP contribution in [0.3, 0.4) is 0 Å². The van der Waals surface area contributed by atoms with Crippen molar-refractivity contribution in [3.63, 3.8) is 0 Å². The Bertz CT molecular complexity index is 255. The molecule has 0 saturated carbocycles. The van der Waals surface area contributed by atoms with E-state index in [4.69, 9.17) is 10.5 Å². The summed E-state index contributed by atoms with van der Waals surface area (Å²) in [5, 5.41) is 6.87. The zero-order chi connectivity index (χ0) is 10.4. The number of nitrogens with zero attached hydrogens (tertiary/aromatic N) is 2. The monoisotopic (exact) mass is 198 g/mol. The third-order valence-corrected chi connectivity index (χ3v) is 1.95. The van der Waals surface area contributed by atoms with Crippen LogP contribution in [0.4, 0.5) is 0 Å². The number of nitrogens with one attached hydrogen (secondary N) is 1. The zero-order valence-corrected chi connectivity index (χ0v) is 8.79. The molecule has 1 unspecified atom stereocenters. The summed E-state index contributed by atoms with van der Waals surface area (Å²) in [6.45, 7) is 5.15. The SMILES string of the molecule is CCCC(OCC)c1n[nH]c(CN)n1. The molecule has 0 fully saturated rings. The van der Waals surface area contributed by atoms with Crippen LogP contribution in [0, 0.1) is 0 Å². The van der Waals surface area contributed by atoms with Crippen LogP contribution >= 0.6 is 0 Å². The number of aromatic amines is 1. The van der Waals surface area contributed by atoms with Crippen LogP contribution in [0.15, 0.2) is 0 Å². The molecule has 1 aromatic heterocycles. The maximum absolute atomic E-state index is 5.54. The van der Waals surface area contributed by atoms with Crippen LogP contribution in [-0.2, 0) is 11.3 Å². The van der Waals surface area contributed by atoms with Crippen LogP contribution in [0.5, 0.6) is 0 Å². The van der Waals surface area contributed by atoms with Gasteiger partial charge in [0.2, 0.25) is 0 Å². The third kappa shape index (κ3) is 2.78. The molecule has 5 heteroatoms. The summed E-state index contributed by atoms with van der Waals surface area (Å²) in [6, 6.07) is 0. The molecule has 0 amide bonds. The highest BCUT2D eigenvalue weighted by molar-refractivity contribution is 4.93. The van der Waals surface area contributed by atoms with Crippen LogP contribution in [0.1, 0.15) is 44.4 Å². The second-order valence-corrected chi connectivity index (χ2v) is 3.08. The lowest BCUT2D eigenvalue weighted by molar-refractivity contribution is 0.0496. The number of H-pyrrole nitrogens is 1. The fourth-order valence-electron chi connectivity index (χ4n) is 1.30. The normalized spacial score (nSPS) is 13.1. The van der Waals surface area contributed by atoms with E-state index in [9.17, 15) is 0 Å². The van der Waals surface area contributed by atoms with Crippen molar-refractivity contribution in [1.82, 2.24) is 15.2 Å². The van der Waals surface area contributed by atoms with Gasteiger partial charge in [0.1, 0.15) is 11.9 Å². The quantitative estimate of drug-likeness (QED) is 0.718. The lowest BCUT2D eigenvalue weighted by Crippen LogP contribution is -2.06. The molecule has 0 radical (unpaired) electrons. The molecule has 0 aromatic carbocycles. The minimum absolute atomic E-state index is 0.00144. The Labute approximate surface area is 84.1 Å². The van der Waals surface area contributed by atoms with Gasteiger partial charge in [0.25, 0.3) is 0 Å². The van der Waals surface area contributed by atoms with Crippen molar-refractivity contribution >= 4 is 0 Å². The first kappa shape index (κ1) is 11.1. The van der Waals surface area contributed by atoms with E-state index in [0.717, 1.165) is 12.8 Å². The van der Waals surface area contributed by atoms with Gasteiger partial charge in [0.15, 0.2) is 5.82 Å². The number of hydrogen-bond acceptors (Lipinski definition) is 4. The number of aromatic nitrogens is 3. The summed E-state index contributed by atoms with van der Waals surface area (Å²) < 4.78 is 5.54. The number of rotatable bonds is 6. The van der Waals surface area contributed by atoms with Gasteiger partial charge in [-0.3, -0.25) is 5.10 Å². The minimum atomic E-state index is 0.00144. The molecule has 0 bridgehead atoms. The first-order valence-corrected chi connectivity index (χ1v) is 5.04. The summed E-state index contributed by atoms with van der Waals surface area (Å²) in [5.74, 6) is 1.43. The Morgan fingerprint density at radius 1 is 1.50 bits per heavy atom. The number of nitrogens with two attached hydrogens (primary N) is 1. The van der Waals surface area contributed by atoms with Gasteiger partial charge in [0.05, 0.1) is 6.54 Å². The van der Waals surface area contributed by atoms with Gasteiger partial charge in [0, 0.05) is 6.61 Å². The van der Waals surface area contributed by atoms with Gasteiger partial charge < -0.3 is 10.5 Å². The molecule has 0 spiro atoms. The van der Waals surface area contributed by atoms with Crippen LogP contribution in [-0.4, -0.2) is 21.8 Å². The summed E-state index contributed by atoms with van der Waals surface area (Å²) in [5.41, 5.74) is 5.44. The Hall–Kier alpha value is -0.940. The highest BCUT2D eigenvalue weighted by Gasteiger charge is 2.15. The van der Waals surface area contributed by atoms with E-state index in [2.05, 4.69) is 22.1 Å². The topological polar surface area (TPSA) is 76.8 Å². The Balaban J connectivity index is 2.65. The molecule has 1 aromatic rings. The molecule has 1 atom stereocenters. The Kier molecular flexibility index (Phi) is 4.55. The lowest BCUT2D eigenvalue weighted by atomic mass is 10.2. The standard InChI is InChI=1S/C9H18N4O/c1-3-5-7(14-4-2)9-11-8(6-10)12-13-9/h7H,3-6,10H2,1-2H3,(H,11,12,13). The summed E-state index contributed by atoms with van der Waals surface area (Å²) in [4.78, 5) is 4.25. The Morgan fingerprint density at radius 2 is 2.29 bits per heavy atom. The lowest BCUT2D eigenvalue weighted by Gasteiger charge is -2.11. The molecule has 0 aliphatic carbocycles. The van der Waals surface area contributed by atoms with Crippen molar-refractivity contribution in [2.45, 2.75) is 39.3 Å². The van der Waals surface area contributed by atoms with E-state index in [0.29, 0.717) is 24.8 Å². The van der Waals surface area contributed by atoms with Crippen molar-refractivity contribution in [2.24, 2.45) is 5.73 Å². The van der Waals surface area contributed by atoms with Crippen molar-refractivity contribution in [3.8, 4) is 0 Å². The number of ether oxygens (including phenoxy) is 1. The first-order chi connectivity index (χ1) is 6.81. The van der Waals surface area contributed by atoms with Crippen LogP contribution in [0.25, 0.3) is 0 Å². The summed E-state index contributed by atoms with van der Waals surface area (Å²) in [7, 11) is 0. The predicted molar refractivity (Wildman–Crippen MR) is 53.5 cm³/mol. The van der Waals surface area contributed by atoms with Crippen molar-refractivity contribution in [3.05, 3.63) is 11.6 Å². The molecule has 3 N–H and O–H groups in total. The van der Waals surface area contributed by atoms with E-state index >= 15 is 0 Å². The molecule has 14 heavy (non-hydrogen) atoms. The van der Waals surface area contributed by atoms with Crippen molar-refractivity contribution in [2.75, 3.05) is 6.61 Å². The second-order valence-electron chi connectivity index (χ2n) is 3.08. The molecule has 80 valence electrons. The molecule has 1 heterocycles. The van der Waals surface area contributed by atoms with E-state index in [1.807, 2.05) is 6.92 Å². The average molecular weight is 198 g/mol. The van der Waals surface area contributed by atoms with Crippen molar-refractivity contribution < 1.29 is 4.74 Å². The first-order valence-electron chi connectivity index (χ1n) is 5.04. The van der Waals surface area contributed by atoms with E-state index in [1.165, 1.54) is 0 Å². The minimum Gasteiger partial charge on any atom is -0.370 e. The summed E-state index contributed by atoms with van der Waals surface area (Å²) >= 11 is 0. The fourth-order valence-corrected chi connectivity index (χ4v) is 1.30. The molecule has 1 rings (SSSR count). The predicted octanol–water partition coefficient (Wildman–Crippen LogP) is 1.14. The van der Waals surface area contributed by atoms with Crippen LogP contribution < -0.4 is 5.73 Å². The fraction of sp³-hybridized carbons (Fsp3) is 0.778. The highest BCUT2D eigenvalue weighted by Crippen LogP contribution is 2.18. The van der Waals surface area contributed by atoms with E-state index < -0.39 is 0 Å². The van der Waals surface area contributed by atoms with Gasteiger partial charge in [-0.05, 0) is 13.3 Å². The van der Waals surface area contributed by atoms with Gasteiger partial charge in [-0.25, -0.2) is 4.98 Å². The molecular weight excluding hydrogens is 180 g/mol. The maximum Gasteiger partial charge on any atom is 0.179 e. The van der Waals surface area contributed by atoms with Gasteiger partial charge in [-0.2, -0.15) is 5.10 Å². The van der Waals surface area contributed by atoms with Gasteiger partial charge in [-0.15, -0.1) is 0 Å². The van der Waals surface area contributed by atoms with E-state index in [-0.39, 0.29) is 6.10 Å². The highest BCUT2D eigenvalue weighted by atomic mass is 16.5. The average Bonchev–Trinajstić information content (AvgIpc) is 2.65. The molecule has 0 aliphatic rings. The third-order valence-electron chi connectivity index (χ3n) is 1.95. The smallest absolute Gasteiger partial charge is 0.179 e.